The van der Waals surface area contributed by atoms with Gasteiger partial charge in [-0.25, -0.2) is 8.42 Å². The van der Waals surface area contributed by atoms with E-state index in [9.17, 15) is 8.42 Å². The maximum Gasteiger partial charge on any atom is 0.238 e. The van der Waals surface area contributed by atoms with Crippen molar-refractivity contribution in [3.8, 4) is 17.1 Å². The second kappa shape index (κ2) is 7.55. The van der Waals surface area contributed by atoms with Crippen molar-refractivity contribution in [2.75, 3.05) is 11.4 Å². The number of anilines is 1. The molecule has 28 heavy (non-hydrogen) atoms. The summed E-state index contributed by atoms with van der Waals surface area (Å²) in [6.07, 6.45) is 7.77. The minimum absolute atomic E-state index is 0.243. The first-order chi connectivity index (χ1) is 13.6. The third-order valence-corrected chi connectivity index (χ3v) is 6.86. The lowest BCUT2D eigenvalue weighted by Crippen LogP contribution is -2.33. The third-order valence-electron chi connectivity index (χ3n) is 4.60. The second-order valence-corrected chi connectivity index (χ2v) is 8.73. The molecule has 0 aliphatic heterocycles. The smallest absolute Gasteiger partial charge is 0.238 e. The molecule has 0 amide bonds. The number of methoxy groups -OCH3 is 1. The highest BCUT2D eigenvalue weighted by Crippen LogP contribution is 2.35. The number of benzene rings is 1. The minimum atomic E-state index is -3.46. The fourth-order valence-corrected chi connectivity index (χ4v) is 4.74. The van der Waals surface area contributed by atoms with Gasteiger partial charge >= 0.3 is 0 Å². The SMILES string of the molecule is COc1ccc(CN(c2ccnc(-c3cnccn3)c2)S(=O)(=O)C2CC2)cc1. The molecule has 0 unspecified atom stereocenters. The van der Waals surface area contributed by atoms with Crippen molar-refractivity contribution in [3.05, 3.63) is 66.7 Å². The highest BCUT2D eigenvalue weighted by atomic mass is 32.2. The summed E-state index contributed by atoms with van der Waals surface area (Å²) in [7, 11) is -1.85. The van der Waals surface area contributed by atoms with Crippen molar-refractivity contribution >= 4 is 15.7 Å². The molecule has 1 fully saturated rings. The van der Waals surface area contributed by atoms with Crippen LogP contribution in [0.15, 0.2) is 61.2 Å². The lowest BCUT2D eigenvalue weighted by atomic mass is 10.2. The first-order valence-corrected chi connectivity index (χ1v) is 10.4. The molecule has 1 saturated carbocycles. The van der Waals surface area contributed by atoms with Gasteiger partial charge < -0.3 is 4.74 Å². The fourth-order valence-electron chi connectivity index (χ4n) is 2.92. The Morgan fingerprint density at radius 2 is 1.79 bits per heavy atom. The molecule has 1 aliphatic carbocycles. The van der Waals surface area contributed by atoms with E-state index in [1.807, 2.05) is 24.3 Å². The molecule has 3 aromatic rings. The minimum Gasteiger partial charge on any atom is -0.497 e. The van der Waals surface area contributed by atoms with Crippen LogP contribution in [0.3, 0.4) is 0 Å². The zero-order valence-corrected chi connectivity index (χ0v) is 16.2. The van der Waals surface area contributed by atoms with Gasteiger partial charge in [0, 0.05) is 18.6 Å². The molecule has 8 heteroatoms. The Hall–Kier alpha value is -3.00. The Kier molecular flexibility index (Phi) is 4.95. The topological polar surface area (TPSA) is 85.3 Å². The van der Waals surface area contributed by atoms with Crippen molar-refractivity contribution in [3.63, 3.8) is 0 Å². The summed E-state index contributed by atoms with van der Waals surface area (Å²) in [5.74, 6) is 0.731. The number of nitrogens with zero attached hydrogens (tertiary/aromatic N) is 4. The standard InChI is InChI=1S/C20H20N4O3S/c1-27-17-4-2-15(3-5-17)14-24(28(25,26)18-6-7-18)16-8-9-22-19(12-16)20-13-21-10-11-23-20/h2-5,8-13,18H,6-7,14H2,1H3. The molecule has 2 heterocycles. The molecule has 0 bridgehead atoms. The summed E-state index contributed by atoms with van der Waals surface area (Å²) in [5.41, 5.74) is 2.62. The van der Waals surface area contributed by atoms with Crippen LogP contribution < -0.4 is 9.04 Å². The number of aromatic nitrogens is 3. The monoisotopic (exact) mass is 396 g/mol. The van der Waals surface area contributed by atoms with Crippen molar-refractivity contribution in [2.24, 2.45) is 0 Å². The number of hydrogen-bond donors (Lipinski definition) is 0. The van der Waals surface area contributed by atoms with E-state index in [2.05, 4.69) is 15.0 Å². The molecule has 144 valence electrons. The normalized spacial score (nSPS) is 13.9. The fraction of sp³-hybridized carbons (Fsp3) is 0.250. The van der Waals surface area contributed by atoms with Gasteiger partial charge in [-0.05, 0) is 42.7 Å². The number of rotatable bonds is 7. The zero-order chi connectivity index (χ0) is 19.6. The summed E-state index contributed by atoms with van der Waals surface area (Å²) >= 11 is 0. The van der Waals surface area contributed by atoms with Gasteiger partial charge in [0.1, 0.15) is 11.4 Å². The maximum absolute atomic E-state index is 13.1. The van der Waals surface area contributed by atoms with Crippen LogP contribution in [0.4, 0.5) is 5.69 Å². The van der Waals surface area contributed by atoms with Gasteiger partial charge in [-0.2, -0.15) is 0 Å². The highest BCUT2D eigenvalue weighted by Gasteiger charge is 2.40. The Labute approximate surface area is 164 Å². The Balaban J connectivity index is 1.71. The molecule has 0 radical (unpaired) electrons. The summed E-state index contributed by atoms with van der Waals surface area (Å²) in [5, 5.41) is -0.320. The number of sulfonamides is 1. The second-order valence-electron chi connectivity index (χ2n) is 6.59. The molecule has 0 atom stereocenters. The van der Waals surface area contributed by atoms with Gasteiger partial charge in [0.25, 0.3) is 0 Å². The molecule has 0 spiro atoms. The van der Waals surface area contributed by atoms with E-state index in [1.54, 1.807) is 44.0 Å². The van der Waals surface area contributed by atoms with E-state index >= 15 is 0 Å². The van der Waals surface area contributed by atoms with Crippen molar-refractivity contribution in [1.82, 2.24) is 15.0 Å². The predicted molar refractivity (Wildman–Crippen MR) is 106 cm³/mol. The van der Waals surface area contributed by atoms with Crippen molar-refractivity contribution < 1.29 is 13.2 Å². The first kappa shape index (κ1) is 18.4. The van der Waals surface area contributed by atoms with Crippen LogP contribution in [-0.4, -0.2) is 35.7 Å². The van der Waals surface area contributed by atoms with Gasteiger partial charge in [0.15, 0.2) is 0 Å². The van der Waals surface area contributed by atoms with Crippen LogP contribution in [0.1, 0.15) is 18.4 Å². The largest absolute Gasteiger partial charge is 0.497 e. The van der Waals surface area contributed by atoms with Gasteiger partial charge in [0.05, 0.1) is 36.5 Å². The summed E-state index contributed by atoms with van der Waals surface area (Å²) in [6.45, 7) is 0.243. The summed E-state index contributed by atoms with van der Waals surface area (Å²) in [6, 6.07) is 10.9. The molecule has 4 rings (SSSR count). The summed E-state index contributed by atoms with van der Waals surface area (Å²) < 4.78 is 32.9. The molecule has 7 nitrogen and oxygen atoms in total. The first-order valence-electron chi connectivity index (χ1n) is 8.95. The van der Waals surface area contributed by atoms with E-state index < -0.39 is 10.0 Å². The average molecular weight is 396 g/mol. The molecule has 1 aliphatic rings. The van der Waals surface area contributed by atoms with E-state index in [4.69, 9.17) is 4.74 Å². The summed E-state index contributed by atoms with van der Waals surface area (Å²) in [4.78, 5) is 12.6. The van der Waals surface area contributed by atoms with Crippen molar-refractivity contribution in [1.29, 1.82) is 0 Å². The molecular weight excluding hydrogens is 376 g/mol. The van der Waals surface area contributed by atoms with Crippen LogP contribution >= 0.6 is 0 Å². The quantitative estimate of drug-likeness (QED) is 0.610. The van der Waals surface area contributed by atoms with Crippen LogP contribution in [0.25, 0.3) is 11.4 Å². The van der Waals surface area contributed by atoms with Gasteiger partial charge in [-0.1, -0.05) is 12.1 Å². The molecular formula is C20H20N4O3S. The highest BCUT2D eigenvalue weighted by molar-refractivity contribution is 7.93. The van der Waals surface area contributed by atoms with Gasteiger partial charge in [0.2, 0.25) is 10.0 Å². The van der Waals surface area contributed by atoms with Crippen LogP contribution in [0, 0.1) is 0 Å². The van der Waals surface area contributed by atoms with Gasteiger partial charge in [-0.3, -0.25) is 19.3 Å². The zero-order valence-electron chi connectivity index (χ0n) is 15.4. The molecule has 0 saturated heterocycles. The van der Waals surface area contributed by atoms with Gasteiger partial charge in [-0.15, -0.1) is 0 Å². The molecule has 0 N–H and O–H groups in total. The number of hydrogen-bond acceptors (Lipinski definition) is 6. The Morgan fingerprint density at radius 1 is 1.04 bits per heavy atom. The maximum atomic E-state index is 13.1. The van der Waals surface area contributed by atoms with Crippen LogP contribution in [0.5, 0.6) is 5.75 Å². The lowest BCUT2D eigenvalue weighted by Gasteiger charge is -2.25. The third kappa shape index (κ3) is 3.82. The number of ether oxygens (including phenoxy) is 1. The average Bonchev–Trinajstić information content (AvgIpc) is 3.59. The van der Waals surface area contributed by atoms with E-state index in [0.29, 0.717) is 29.9 Å². The van der Waals surface area contributed by atoms with Crippen molar-refractivity contribution in [2.45, 2.75) is 24.6 Å². The lowest BCUT2D eigenvalue weighted by molar-refractivity contribution is 0.414. The van der Waals surface area contributed by atoms with E-state index in [1.165, 1.54) is 4.31 Å². The Bertz CT molecular complexity index is 1050. The van der Waals surface area contributed by atoms with E-state index in [0.717, 1.165) is 11.3 Å². The molecule has 1 aromatic carbocycles. The Morgan fingerprint density at radius 3 is 2.43 bits per heavy atom. The van der Waals surface area contributed by atoms with Crippen LogP contribution in [0.2, 0.25) is 0 Å². The predicted octanol–water partition coefficient (Wildman–Crippen LogP) is 3.05. The van der Waals surface area contributed by atoms with Crippen LogP contribution in [-0.2, 0) is 16.6 Å². The van der Waals surface area contributed by atoms with E-state index in [-0.39, 0.29) is 11.8 Å². The number of pyridine rings is 1. The molecule has 2 aromatic heterocycles.